The van der Waals surface area contributed by atoms with Gasteiger partial charge in [0.2, 0.25) is 0 Å². The topological polar surface area (TPSA) is 30.9 Å². The number of amidine groups is 1. The molecule has 1 aromatic rings. The van der Waals surface area contributed by atoms with E-state index in [0.717, 1.165) is 50.6 Å². The van der Waals surface area contributed by atoms with Crippen molar-refractivity contribution in [3.05, 3.63) is 40.1 Å². The molecule has 4 rings (SSSR count). The van der Waals surface area contributed by atoms with E-state index in [-0.39, 0.29) is 0 Å². The van der Waals surface area contributed by atoms with Crippen molar-refractivity contribution in [2.24, 2.45) is 4.99 Å². The molecule has 4 nitrogen and oxygen atoms in total. The van der Waals surface area contributed by atoms with E-state index < -0.39 is 0 Å². The summed E-state index contributed by atoms with van der Waals surface area (Å²) >= 11 is 1.83. The third-order valence-electron chi connectivity index (χ3n) is 4.50. The van der Waals surface area contributed by atoms with Gasteiger partial charge in [-0.2, -0.15) is 0 Å². The molecule has 0 aromatic carbocycles. The molecule has 0 atom stereocenters. The van der Waals surface area contributed by atoms with Crippen LogP contribution in [0.15, 0.2) is 34.6 Å². The van der Waals surface area contributed by atoms with Crippen molar-refractivity contribution in [1.82, 2.24) is 9.80 Å². The van der Waals surface area contributed by atoms with Crippen LogP contribution in [0.3, 0.4) is 0 Å². The first-order valence-corrected chi connectivity index (χ1v) is 8.83. The first-order valence-electron chi connectivity index (χ1n) is 8.01. The Morgan fingerprint density at radius 3 is 2.73 bits per heavy atom. The lowest BCUT2D eigenvalue weighted by Gasteiger charge is -2.34. The summed E-state index contributed by atoms with van der Waals surface area (Å²) in [6.07, 6.45) is 6.74. The van der Waals surface area contributed by atoms with Gasteiger partial charge in [-0.3, -0.25) is 0 Å². The minimum absolute atomic E-state index is 1.05. The maximum Gasteiger partial charge on any atom is 0.139 e. The molecule has 0 unspecified atom stereocenters. The fourth-order valence-electron chi connectivity index (χ4n) is 3.21. The van der Waals surface area contributed by atoms with Crippen molar-refractivity contribution in [1.29, 1.82) is 0 Å². The van der Waals surface area contributed by atoms with Crippen molar-refractivity contribution in [2.75, 3.05) is 38.5 Å². The molecule has 0 amide bonds. The number of rotatable bonds is 0. The largest absolute Gasteiger partial charge is 0.353 e. The molecule has 3 aliphatic rings. The Kier molecular flexibility index (Phi) is 3.54. The van der Waals surface area contributed by atoms with E-state index in [4.69, 9.17) is 4.99 Å². The number of piperazine rings is 1. The van der Waals surface area contributed by atoms with Gasteiger partial charge in [-0.05, 0) is 32.9 Å². The van der Waals surface area contributed by atoms with Crippen LogP contribution in [-0.4, -0.2) is 48.9 Å². The van der Waals surface area contributed by atoms with E-state index in [1.807, 2.05) is 11.3 Å². The molecular formula is C17H22N4S. The zero-order valence-corrected chi connectivity index (χ0v) is 14.0. The smallest absolute Gasteiger partial charge is 0.139 e. The standard InChI is InChI=1S/C17H22N4S/c1-12-11-13-16(21-9-7-20(2)8-10-21)18-14-5-3-4-6-15(14)19-17(13)22-12/h5-6,11,19H,3-4,7-10H2,1-2H3. The Morgan fingerprint density at radius 2 is 1.91 bits per heavy atom. The van der Waals surface area contributed by atoms with Crippen LogP contribution in [0.4, 0.5) is 5.00 Å². The molecule has 2 aliphatic heterocycles. The molecule has 1 fully saturated rings. The highest BCUT2D eigenvalue weighted by atomic mass is 32.1. The quantitative estimate of drug-likeness (QED) is 0.798. The molecule has 1 aliphatic carbocycles. The highest BCUT2D eigenvalue weighted by Crippen LogP contribution is 2.36. The first kappa shape index (κ1) is 14.0. The molecule has 1 saturated heterocycles. The fourth-order valence-corrected chi connectivity index (χ4v) is 4.13. The summed E-state index contributed by atoms with van der Waals surface area (Å²) < 4.78 is 0. The van der Waals surface area contributed by atoms with E-state index in [0.29, 0.717) is 0 Å². The van der Waals surface area contributed by atoms with Crippen LogP contribution in [0.2, 0.25) is 0 Å². The lowest BCUT2D eigenvalue weighted by atomic mass is 10.1. The summed E-state index contributed by atoms with van der Waals surface area (Å²) in [5, 5.41) is 4.86. The Bertz CT molecular complexity index is 675. The minimum atomic E-state index is 1.05. The molecule has 0 spiro atoms. The van der Waals surface area contributed by atoms with E-state index in [9.17, 15) is 0 Å². The Morgan fingerprint density at radius 1 is 1.14 bits per heavy atom. The summed E-state index contributed by atoms with van der Waals surface area (Å²) in [7, 11) is 2.19. The van der Waals surface area contributed by atoms with Crippen molar-refractivity contribution in [3.8, 4) is 0 Å². The lowest BCUT2D eigenvalue weighted by Crippen LogP contribution is -2.47. The number of anilines is 1. The van der Waals surface area contributed by atoms with Crippen LogP contribution < -0.4 is 5.32 Å². The Labute approximate surface area is 135 Å². The van der Waals surface area contributed by atoms with Gasteiger partial charge in [0, 0.05) is 31.1 Å². The number of hydrogen-bond acceptors (Lipinski definition) is 5. The molecule has 0 bridgehead atoms. The van der Waals surface area contributed by atoms with Gasteiger partial charge in [-0.25, -0.2) is 4.99 Å². The molecule has 5 heteroatoms. The zero-order chi connectivity index (χ0) is 15.1. The van der Waals surface area contributed by atoms with Gasteiger partial charge in [0.25, 0.3) is 0 Å². The molecule has 22 heavy (non-hydrogen) atoms. The maximum atomic E-state index is 5.06. The van der Waals surface area contributed by atoms with E-state index in [1.165, 1.54) is 21.1 Å². The SMILES string of the molecule is Cc1cc2c(s1)NC1=CCCC=C1N=C2N1CCN(C)CC1. The molecule has 0 radical (unpaired) electrons. The summed E-state index contributed by atoms with van der Waals surface area (Å²) in [5.74, 6) is 1.15. The number of hydrogen-bond donors (Lipinski definition) is 1. The number of thiophene rings is 1. The zero-order valence-electron chi connectivity index (χ0n) is 13.2. The van der Waals surface area contributed by atoms with Crippen molar-refractivity contribution >= 4 is 22.2 Å². The van der Waals surface area contributed by atoms with E-state index in [1.54, 1.807) is 0 Å². The number of nitrogens with one attached hydrogen (secondary N) is 1. The number of aryl methyl sites for hydroxylation is 1. The molecular weight excluding hydrogens is 292 g/mol. The molecule has 0 saturated carbocycles. The van der Waals surface area contributed by atoms with Crippen LogP contribution in [0.25, 0.3) is 0 Å². The minimum Gasteiger partial charge on any atom is -0.353 e. The van der Waals surface area contributed by atoms with Crippen molar-refractivity contribution in [2.45, 2.75) is 19.8 Å². The summed E-state index contributed by atoms with van der Waals surface area (Å²) in [6, 6.07) is 2.28. The summed E-state index contributed by atoms with van der Waals surface area (Å²) in [4.78, 5) is 11.2. The number of nitrogens with zero attached hydrogens (tertiary/aromatic N) is 3. The Hall–Kier alpha value is -1.59. The highest BCUT2D eigenvalue weighted by Gasteiger charge is 2.26. The van der Waals surface area contributed by atoms with Crippen molar-refractivity contribution in [3.63, 3.8) is 0 Å². The molecule has 1 N–H and O–H groups in total. The van der Waals surface area contributed by atoms with Crippen LogP contribution in [-0.2, 0) is 0 Å². The molecule has 3 heterocycles. The van der Waals surface area contributed by atoms with Gasteiger partial charge in [0.05, 0.1) is 17.0 Å². The summed E-state index contributed by atoms with van der Waals surface area (Å²) in [5.41, 5.74) is 3.56. The third-order valence-corrected chi connectivity index (χ3v) is 5.47. The normalized spacial score (nSPS) is 21.9. The van der Waals surface area contributed by atoms with Crippen LogP contribution in [0.1, 0.15) is 23.3 Å². The second-order valence-electron chi connectivity index (χ2n) is 6.24. The second kappa shape index (κ2) is 5.56. The average Bonchev–Trinajstić information content (AvgIpc) is 2.80. The van der Waals surface area contributed by atoms with Crippen molar-refractivity contribution < 1.29 is 0 Å². The van der Waals surface area contributed by atoms with Crippen LogP contribution in [0, 0.1) is 6.92 Å². The molecule has 116 valence electrons. The molecule has 1 aromatic heterocycles. The van der Waals surface area contributed by atoms with Gasteiger partial charge in [0.1, 0.15) is 10.8 Å². The summed E-state index contributed by atoms with van der Waals surface area (Å²) in [6.45, 7) is 6.49. The van der Waals surface area contributed by atoms with Gasteiger partial charge in [-0.1, -0.05) is 12.2 Å². The van der Waals surface area contributed by atoms with E-state index in [2.05, 4.69) is 47.3 Å². The number of allylic oxidation sites excluding steroid dienone is 2. The number of likely N-dealkylation sites (N-methyl/N-ethyl adjacent to an activating group) is 1. The van der Waals surface area contributed by atoms with Gasteiger partial charge < -0.3 is 15.1 Å². The monoisotopic (exact) mass is 314 g/mol. The lowest BCUT2D eigenvalue weighted by molar-refractivity contribution is 0.216. The van der Waals surface area contributed by atoms with Gasteiger partial charge in [0.15, 0.2) is 0 Å². The van der Waals surface area contributed by atoms with Gasteiger partial charge >= 0.3 is 0 Å². The van der Waals surface area contributed by atoms with Crippen LogP contribution >= 0.6 is 11.3 Å². The predicted molar refractivity (Wildman–Crippen MR) is 93.7 cm³/mol. The highest BCUT2D eigenvalue weighted by molar-refractivity contribution is 7.16. The predicted octanol–water partition coefficient (Wildman–Crippen LogP) is 3.04. The van der Waals surface area contributed by atoms with Gasteiger partial charge in [-0.15, -0.1) is 11.3 Å². The second-order valence-corrected chi connectivity index (χ2v) is 7.49. The third kappa shape index (κ3) is 2.48. The average molecular weight is 314 g/mol. The fraction of sp³-hybridized carbons (Fsp3) is 0.471. The number of aliphatic imine (C=N–C) groups is 1. The van der Waals surface area contributed by atoms with Crippen LogP contribution in [0.5, 0.6) is 0 Å². The van der Waals surface area contributed by atoms with E-state index >= 15 is 0 Å². The maximum absolute atomic E-state index is 5.06. The first-order chi connectivity index (χ1) is 10.7. The Balaban J connectivity index is 1.77. The number of fused-ring (bicyclic) bond motifs is 2.